The number of nitrogens with two attached hydrogens (primary N) is 1. The third-order valence-corrected chi connectivity index (χ3v) is 3.33. The van der Waals surface area contributed by atoms with E-state index in [9.17, 15) is 4.79 Å². The fraction of sp³-hybridized carbons (Fsp3) is 0.333. The van der Waals surface area contributed by atoms with Crippen molar-refractivity contribution >= 4 is 23.2 Å². The molecule has 1 amide bonds. The van der Waals surface area contributed by atoms with Crippen molar-refractivity contribution in [3.05, 3.63) is 41.7 Å². The van der Waals surface area contributed by atoms with E-state index >= 15 is 0 Å². The monoisotopic (exact) mass is 306 g/mol. The summed E-state index contributed by atoms with van der Waals surface area (Å²) in [6, 6.07) is 6.98. The van der Waals surface area contributed by atoms with Crippen LogP contribution in [0, 0.1) is 0 Å². The Bertz CT molecular complexity index is 598. The Morgan fingerprint density at radius 3 is 3.00 bits per heavy atom. The predicted molar refractivity (Wildman–Crippen MR) is 84.7 cm³/mol. The van der Waals surface area contributed by atoms with Gasteiger partial charge >= 0.3 is 0 Å². The van der Waals surface area contributed by atoms with Crippen LogP contribution in [-0.2, 0) is 4.79 Å². The number of hydrogen-bond donors (Lipinski definition) is 2. The summed E-state index contributed by atoms with van der Waals surface area (Å²) >= 11 is 6.01. The summed E-state index contributed by atoms with van der Waals surface area (Å²) in [5.41, 5.74) is 7.29. The van der Waals surface area contributed by atoms with Gasteiger partial charge in [-0.3, -0.25) is 4.79 Å². The van der Waals surface area contributed by atoms with Crippen molar-refractivity contribution in [2.45, 2.75) is 32.2 Å². The van der Waals surface area contributed by atoms with E-state index in [1.54, 1.807) is 23.0 Å². The van der Waals surface area contributed by atoms with Crippen LogP contribution in [0.3, 0.4) is 0 Å². The number of rotatable bonds is 6. The molecule has 0 spiro atoms. The van der Waals surface area contributed by atoms with Crippen molar-refractivity contribution in [2.24, 2.45) is 5.73 Å². The van der Waals surface area contributed by atoms with Crippen molar-refractivity contribution in [1.29, 1.82) is 0 Å². The molecule has 2 rings (SSSR count). The number of nitrogens with one attached hydrogen (secondary N) is 1. The number of carbonyl (C=O) groups excluding carboxylic acids is 1. The Balaban J connectivity index is 2.15. The SMILES string of the molecule is CCCC(N)CC(=O)Nc1cc(Cl)ccc1-n1cccn1. The van der Waals surface area contributed by atoms with Crippen molar-refractivity contribution in [1.82, 2.24) is 9.78 Å². The summed E-state index contributed by atoms with van der Waals surface area (Å²) in [4.78, 5) is 12.1. The molecule has 112 valence electrons. The number of anilines is 1. The van der Waals surface area contributed by atoms with E-state index in [4.69, 9.17) is 17.3 Å². The third-order valence-electron chi connectivity index (χ3n) is 3.09. The minimum absolute atomic E-state index is 0.119. The lowest BCUT2D eigenvalue weighted by Crippen LogP contribution is -2.27. The highest BCUT2D eigenvalue weighted by atomic mass is 35.5. The van der Waals surface area contributed by atoms with Crippen molar-refractivity contribution < 1.29 is 4.79 Å². The Morgan fingerprint density at radius 1 is 1.52 bits per heavy atom. The standard InChI is InChI=1S/C15H19ClN4O/c1-2-4-12(17)10-15(21)19-13-9-11(16)5-6-14(13)20-8-3-7-18-20/h3,5-9,12H,2,4,10,17H2,1H3,(H,19,21). The summed E-state index contributed by atoms with van der Waals surface area (Å²) < 4.78 is 1.68. The number of amides is 1. The highest BCUT2D eigenvalue weighted by Crippen LogP contribution is 2.24. The lowest BCUT2D eigenvalue weighted by atomic mass is 10.1. The molecule has 0 aliphatic rings. The number of benzene rings is 1. The normalized spacial score (nSPS) is 12.1. The van der Waals surface area contributed by atoms with Gasteiger partial charge in [0, 0.05) is 29.9 Å². The van der Waals surface area contributed by atoms with Crippen LogP contribution in [0.4, 0.5) is 5.69 Å². The van der Waals surface area contributed by atoms with Crippen LogP contribution in [0.5, 0.6) is 0 Å². The second-order valence-corrected chi connectivity index (χ2v) is 5.35. The Hall–Kier alpha value is -1.85. The third kappa shape index (κ3) is 4.31. The lowest BCUT2D eigenvalue weighted by molar-refractivity contribution is -0.116. The Kier molecular flexibility index (Phi) is 5.36. The zero-order valence-corrected chi connectivity index (χ0v) is 12.7. The fourth-order valence-electron chi connectivity index (χ4n) is 2.13. The van der Waals surface area contributed by atoms with Crippen molar-refractivity contribution in [2.75, 3.05) is 5.32 Å². The number of halogens is 1. The van der Waals surface area contributed by atoms with Gasteiger partial charge in [-0.05, 0) is 30.7 Å². The highest BCUT2D eigenvalue weighted by Gasteiger charge is 2.12. The fourth-order valence-corrected chi connectivity index (χ4v) is 2.30. The molecule has 1 unspecified atom stereocenters. The molecule has 0 aliphatic carbocycles. The maximum Gasteiger partial charge on any atom is 0.225 e. The van der Waals surface area contributed by atoms with Gasteiger partial charge in [-0.1, -0.05) is 24.9 Å². The molecule has 0 aliphatic heterocycles. The molecule has 1 aromatic carbocycles. The summed E-state index contributed by atoms with van der Waals surface area (Å²) in [5, 5.41) is 7.59. The first-order valence-electron chi connectivity index (χ1n) is 6.95. The van der Waals surface area contributed by atoms with E-state index in [-0.39, 0.29) is 11.9 Å². The molecule has 0 saturated carbocycles. The molecule has 6 heteroatoms. The average Bonchev–Trinajstić information content (AvgIpc) is 2.92. The zero-order valence-electron chi connectivity index (χ0n) is 11.9. The second kappa shape index (κ2) is 7.24. The molecule has 1 heterocycles. The lowest BCUT2D eigenvalue weighted by Gasteiger charge is -2.14. The van der Waals surface area contributed by atoms with Crippen molar-refractivity contribution in [3.63, 3.8) is 0 Å². The topological polar surface area (TPSA) is 72.9 Å². The van der Waals surface area contributed by atoms with E-state index in [1.807, 2.05) is 25.3 Å². The average molecular weight is 307 g/mol. The van der Waals surface area contributed by atoms with Crippen molar-refractivity contribution in [3.8, 4) is 5.69 Å². The molecule has 1 atom stereocenters. The predicted octanol–water partition coefficient (Wildman–Crippen LogP) is 2.98. The molecule has 0 fully saturated rings. The summed E-state index contributed by atoms with van der Waals surface area (Å²) in [5.74, 6) is -0.119. The second-order valence-electron chi connectivity index (χ2n) is 4.91. The van der Waals surface area contributed by atoms with Crippen LogP contribution >= 0.6 is 11.6 Å². The minimum Gasteiger partial charge on any atom is -0.327 e. The number of hydrogen-bond acceptors (Lipinski definition) is 3. The van der Waals surface area contributed by atoms with Gasteiger partial charge in [-0.25, -0.2) is 4.68 Å². The quantitative estimate of drug-likeness (QED) is 0.861. The first-order valence-corrected chi connectivity index (χ1v) is 7.33. The van der Waals surface area contributed by atoms with Crippen LogP contribution in [0.15, 0.2) is 36.7 Å². The zero-order chi connectivity index (χ0) is 15.2. The molecule has 0 radical (unpaired) electrons. The van der Waals surface area contributed by atoms with Gasteiger partial charge in [0.1, 0.15) is 0 Å². The van der Waals surface area contributed by atoms with E-state index in [0.717, 1.165) is 18.5 Å². The minimum atomic E-state index is -0.123. The Morgan fingerprint density at radius 2 is 2.33 bits per heavy atom. The first-order chi connectivity index (χ1) is 10.1. The molecule has 2 aromatic rings. The molecule has 0 saturated heterocycles. The largest absolute Gasteiger partial charge is 0.327 e. The summed E-state index contributed by atoms with van der Waals surface area (Å²) in [6.07, 6.45) is 5.57. The van der Waals surface area contributed by atoms with Crippen LogP contribution in [-0.4, -0.2) is 21.7 Å². The van der Waals surface area contributed by atoms with Gasteiger partial charge < -0.3 is 11.1 Å². The number of carbonyl (C=O) groups is 1. The van der Waals surface area contributed by atoms with Gasteiger partial charge in [-0.15, -0.1) is 0 Å². The highest BCUT2D eigenvalue weighted by molar-refractivity contribution is 6.31. The molecule has 1 aromatic heterocycles. The maximum absolute atomic E-state index is 12.1. The van der Waals surface area contributed by atoms with E-state index < -0.39 is 0 Å². The van der Waals surface area contributed by atoms with Crippen LogP contribution in [0.1, 0.15) is 26.2 Å². The van der Waals surface area contributed by atoms with E-state index in [1.165, 1.54) is 0 Å². The first kappa shape index (κ1) is 15.5. The number of aromatic nitrogens is 2. The smallest absolute Gasteiger partial charge is 0.225 e. The molecule has 21 heavy (non-hydrogen) atoms. The summed E-state index contributed by atoms with van der Waals surface area (Å²) in [7, 11) is 0. The molecule has 5 nitrogen and oxygen atoms in total. The molecule has 0 bridgehead atoms. The summed E-state index contributed by atoms with van der Waals surface area (Å²) in [6.45, 7) is 2.05. The Labute approximate surface area is 129 Å². The molecule has 3 N–H and O–H groups in total. The van der Waals surface area contributed by atoms with Gasteiger partial charge in [0.15, 0.2) is 0 Å². The van der Waals surface area contributed by atoms with Gasteiger partial charge in [0.05, 0.1) is 11.4 Å². The molecular weight excluding hydrogens is 288 g/mol. The maximum atomic E-state index is 12.1. The van der Waals surface area contributed by atoms with Crippen LogP contribution < -0.4 is 11.1 Å². The number of nitrogens with zero attached hydrogens (tertiary/aromatic N) is 2. The van der Waals surface area contributed by atoms with E-state index in [0.29, 0.717) is 17.1 Å². The van der Waals surface area contributed by atoms with Gasteiger partial charge in [0.25, 0.3) is 0 Å². The van der Waals surface area contributed by atoms with Crippen LogP contribution in [0.25, 0.3) is 5.69 Å². The van der Waals surface area contributed by atoms with Gasteiger partial charge in [0.2, 0.25) is 5.91 Å². The van der Waals surface area contributed by atoms with Crippen LogP contribution in [0.2, 0.25) is 5.02 Å². The molecular formula is C15H19ClN4O. The van der Waals surface area contributed by atoms with Gasteiger partial charge in [-0.2, -0.15) is 5.10 Å². The van der Waals surface area contributed by atoms with E-state index in [2.05, 4.69) is 10.4 Å².